The second-order valence-electron chi connectivity index (χ2n) is 8.00. The van der Waals surface area contributed by atoms with Crippen LogP contribution in [0.15, 0.2) is 0 Å². The van der Waals surface area contributed by atoms with Gasteiger partial charge in [0.1, 0.15) is 5.60 Å². The number of rotatable bonds is 2. The summed E-state index contributed by atoms with van der Waals surface area (Å²) in [5, 5.41) is 0. The smallest absolute Gasteiger partial charge is 0.410 e. The van der Waals surface area contributed by atoms with Crippen molar-refractivity contribution in [3.8, 4) is 0 Å². The molecule has 0 bridgehead atoms. The quantitative estimate of drug-likeness (QED) is 0.771. The topological polar surface area (TPSA) is 49.9 Å². The molecular formula is C17H28F2N2O3. The Morgan fingerprint density at radius 3 is 2.21 bits per heavy atom. The van der Waals surface area contributed by atoms with Gasteiger partial charge in [-0.25, -0.2) is 13.6 Å². The molecule has 1 saturated heterocycles. The van der Waals surface area contributed by atoms with Gasteiger partial charge in [0.25, 0.3) is 0 Å². The Hall–Kier alpha value is -1.40. The van der Waals surface area contributed by atoms with Crippen LogP contribution in [0.25, 0.3) is 0 Å². The van der Waals surface area contributed by atoms with E-state index in [0.717, 1.165) is 0 Å². The van der Waals surface area contributed by atoms with E-state index in [-0.39, 0.29) is 30.8 Å². The number of nitrogens with zero attached hydrogens (tertiary/aromatic N) is 2. The molecule has 24 heavy (non-hydrogen) atoms. The minimum atomic E-state index is -2.70. The molecule has 2 aliphatic rings. The highest BCUT2D eigenvalue weighted by atomic mass is 19.3. The molecule has 1 aliphatic heterocycles. The lowest BCUT2D eigenvalue weighted by Gasteiger charge is -2.47. The first-order valence-corrected chi connectivity index (χ1v) is 8.61. The van der Waals surface area contributed by atoms with Gasteiger partial charge in [0, 0.05) is 43.9 Å². The molecule has 0 spiro atoms. The SMILES string of the molecule is CC[C@@H]1CN(C(=O)OC(C)(C)C)[C@@H](C)CN1C(=O)C1CC(F)(F)C1. The Labute approximate surface area is 142 Å². The summed E-state index contributed by atoms with van der Waals surface area (Å²) in [6.07, 6.45) is -0.442. The Bertz CT molecular complexity index is 497. The molecule has 2 fully saturated rings. The third-order valence-corrected chi connectivity index (χ3v) is 4.66. The van der Waals surface area contributed by atoms with E-state index in [1.54, 1.807) is 9.80 Å². The maximum Gasteiger partial charge on any atom is 0.410 e. The molecule has 7 heteroatoms. The molecule has 0 aromatic rings. The first-order chi connectivity index (χ1) is 10.9. The van der Waals surface area contributed by atoms with Crippen molar-refractivity contribution in [2.75, 3.05) is 13.1 Å². The summed E-state index contributed by atoms with van der Waals surface area (Å²) in [5.74, 6) is -3.50. The van der Waals surface area contributed by atoms with Gasteiger partial charge in [-0.3, -0.25) is 4.79 Å². The van der Waals surface area contributed by atoms with Crippen molar-refractivity contribution in [1.29, 1.82) is 0 Å². The predicted octanol–water partition coefficient (Wildman–Crippen LogP) is 3.28. The zero-order valence-electron chi connectivity index (χ0n) is 15.1. The van der Waals surface area contributed by atoms with Crippen molar-refractivity contribution in [3.05, 3.63) is 0 Å². The van der Waals surface area contributed by atoms with E-state index in [1.165, 1.54) is 0 Å². The van der Waals surface area contributed by atoms with Crippen molar-refractivity contribution in [3.63, 3.8) is 0 Å². The van der Waals surface area contributed by atoms with Crippen molar-refractivity contribution in [1.82, 2.24) is 9.80 Å². The molecule has 0 aromatic heterocycles. The average molecular weight is 346 g/mol. The number of halogens is 2. The van der Waals surface area contributed by atoms with Crippen LogP contribution in [-0.2, 0) is 9.53 Å². The van der Waals surface area contributed by atoms with Crippen LogP contribution in [-0.4, -0.2) is 58.5 Å². The van der Waals surface area contributed by atoms with Gasteiger partial charge in [-0.15, -0.1) is 0 Å². The summed E-state index contributed by atoms with van der Waals surface area (Å²) in [5.41, 5.74) is -0.580. The second kappa shape index (κ2) is 6.48. The first kappa shape index (κ1) is 18.9. The summed E-state index contributed by atoms with van der Waals surface area (Å²) < 4.78 is 31.5. The van der Waals surface area contributed by atoms with Gasteiger partial charge in [0.15, 0.2) is 0 Å². The number of ether oxygens (including phenoxy) is 1. The van der Waals surface area contributed by atoms with Gasteiger partial charge < -0.3 is 14.5 Å². The van der Waals surface area contributed by atoms with Gasteiger partial charge in [0.05, 0.1) is 0 Å². The fourth-order valence-electron chi connectivity index (χ4n) is 3.30. The molecule has 0 N–H and O–H groups in total. The minimum absolute atomic E-state index is 0.157. The van der Waals surface area contributed by atoms with Crippen LogP contribution in [0.2, 0.25) is 0 Å². The van der Waals surface area contributed by atoms with Gasteiger partial charge in [-0.05, 0) is 34.1 Å². The Morgan fingerprint density at radius 1 is 1.17 bits per heavy atom. The van der Waals surface area contributed by atoms with Crippen LogP contribution < -0.4 is 0 Å². The monoisotopic (exact) mass is 346 g/mol. The molecule has 1 aliphatic carbocycles. The molecular weight excluding hydrogens is 318 g/mol. The molecule has 2 rings (SSSR count). The van der Waals surface area contributed by atoms with Crippen molar-refractivity contribution < 1.29 is 23.1 Å². The number of alkyl halides is 2. The third-order valence-electron chi connectivity index (χ3n) is 4.66. The molecule has 2 amide bonds. The zero-order valence-corrected chi connectivity index (χ0v) is 15.1. The molecule has 5 nitrogen and oxygen atoms in total. The van der Waals surface area contributed by atoms with E-state index >= 15 is 0 Å². The van der Waals surface area contributed by atoms with Gasteiger partial charge in [-0.1, -0.05) is 6.92 Å². The van der Waals surface area contributed by atoms with Crippen LogP contribution in [0.4, 0.5) is 13.6 Å². The summed E-state index contributed by atoms with van der Waals surface area (Å²) in [7, 11) is 0. The highest BCUT2D eigenvalue weighted by Crippen LogP contribution is 2.43. The molecule has 138 valence electrons. The lowest BCUT2D eigenvalue weighted by Crippen LogP contribution is -2.62. The van der Waals surface area contributed by atoms with Crippen molar-refractivity contribution in [2.45, 2.75) is 77.5 Å². The predicted molar refractivity (Wildman–Crippen MR) is 85.9 cm³/mol. The Kier molecular flexibility index (Phi) is 5.11. The van der Waals surface area contributed by atoms with Crippen LogP contribution in [0.3, 0.4) is 0 Å². The number of piperazine rings is 1. The van der Waals surface area contributed by atoms with Crippen LogP contribution in [0.1, 0.15) is 53.9 Å². The van der Waals surface area contributed by atoms with E-state index in [1.807, 2.05) is 34.6 Å². The number of carbonyl (C=O) groups is 2. The summed E-state index contributed by atoms with van der Waals surface area (Å²) in [6.45, 7) is 9.95. The van der Waals surface area contributed by atoms with Gasteiger partial charge >= 0.3 is 6.09 Å². The number of carbonyl (C=O) groups excluding carboxylic acids is 2. The van der Waals surface area contributed by atoms with Crippen LogP contribution in [0.5, 0.6) is 0 Å². The van der Waals surface area contributed by atoms with E-state index in [2.05, 4.69) is 0 Å². The lowest BCUT2D eigenvalue weighted by molar-refractivity contribution is -0.165. The van der Waals surface area contributed by atoms with Crippen molar-refractivity contribution >= 4 is 12.0 Å². The maximum absolute atomic E-state index is 13.1. The fourth-order valence-corrected chi connectivity index (χ4v) is 3.30. The van der Waals surface area contributed by atoms with Gasteiger partial charge in [-0.2, -0.15) is 0 Å². The summed E-state index contributed by atoms with van der Waals surface area (Å²) in [4.78, 5) is 28.2. The molecule has 0 radical (unpaired) electrons. The number of hydrogen-bond donors (Lipinski definition) is 0. The van der Waals surface area contributed by atoms with Crippen LogP contribution >= 0.6 is 0 Å². The highest BCUT2D eigenvalue weighted by Gasteiger charge is 2.51. The molecule has 1 heterocycles. The van der Waals surface area contributed by atoms with Crippen LogP contribution in [0, 0.1) is 5.92 Å². The highest BCUT2D eigenvalue weighted by molar-refractivity contribution is 5.81. The fraction of sp³-hybridized carbons (Fsp3) is 0.882. The van der Waals surface area contributed by atoms with E-state index in [4.69, 9.17) is 4.74 Å². The third kappa shape index (κ3) is 4.16. The molecule has 2 atom stereocenters. The first-order valence-electron chi connectivity index (χ1n) is 8.61. The second-order valence-corrected chi connectivity index (χ2v) is 8.00. The zero-order chi connectivity index (χ0) is 18.3. The molecule has 1 saturated carbocycles. The maximum atomic E-state index is 13.1. The molecule has 0 aromatic carbocycles. The Balaban J connectivity index is 2.03. The normalized spacial score (nSPS) is 27.6. The summed E-state index contributed by atoms with van der Waals surface area (Å²) in [6, 6.07) is -0.359. The number of hydrogen-bond acceptors (Lipinski definition) is 3. The minimum Gasteiger partial charge on any atom is -0.444 e. The number of amides is 2. The molecule has 0 unspecified atom stereocenters. The largest absolute Gasteiger partial charge is 0.444 e. The standard InChI is InChI=1S/C17H28F2N2O3/c1-6-13-10-20(15(23)24-16(3,4)5)11(2)9-21(13)14(22)12-7-17(18,19)8-12/h11-13H,6-10H2,1-5H3/t11-,13+/m0/s1. The van der Waals surface area contributed by atoms with E-state index in [9.17, 15) is 18.4 Å². The van der Waals surface area contributed by atoms with Gasteiger partial charge in [0.2, 0.25) is 11.8 Å². The van der Waals surface area contributed by atoms with E-state index in [0.29, 0.717) is 19.5 Å². The average Bonchev–Trinajstić information content (AvgIpc) is 2.41. The summed E-state index contributed by atoms with van der Waals surface area (Å²) >= 11 is 0. The Morgan fingerprint density at radius 2 is 1.75 bits per heavy atom. The van der Waals surface area contributed by atoms with E-state index < -0.39 is 23.5 Å². The van der Waals surface area contributed by atoms with Crippen molar-refractivity contribution in [2.24, 2.45) is 5.92 Å². The lowest BCUT2D eigenvalue weighted by atomic mass is 9.80.